The molecule has 0 amide bonds. The molecule has 2 heteroatoms. The first-order valence-electron chi connectivity index (χ1n) is 9.33. The van der Waals surface area contributed by atoms with Crippen LogP contribution in [-0.4, -0.2) is 5.97 Å². The Bertz CT molecular complexity index is 873. The van der Waals surface area contributed by atoms with Crippen LogP contribution in [0.25, 0.3) is 6.08 Å². The number of carbonyl (C=O) groups is 1. The largest absolute Gasteiger partial charge is 0.426 e. The van der Waals surface area contributed by atoms with E-state index < -0.39 is 5.41 Å². The molecule has 26 heavy (non-hydrogen) atoms. The first-order valence-corrected chi connectivity index (χ1v) is 9.33. The highest BCUT2D eigenvalue weighted by atomic mass is 16.5. The van der Waals surface area contributed by atoms with E-state index in [4.69, 9.17) is 4.74 Å². The Hall–Kier alpha value is -2.61. The number of hydrogen-bond donors (Lipinski definition) is 0. The molecular formula is C24H24O2. The molecule has 0 saturated carbocycles. The van der Waals surface area contributed by atoms with Gasteiger partial charge in [-0.3, -0.25) is 4.79 Å². The van der Waals surface area contributed by atoms with E-state index in [1.54, 1.807) is 0 Å². The van der Waals surface area contributed by atoms with Gasteiger partial charge in [-0.15, -0.1) is 0 Å². The second-order valence-electron chi connectivity index (χ2n) is 7.74. The summed E-state index contributed by atoms with van der Waals surface area (Å²) in [6.45, 7) is 4.01. The average molecular weight is 344 g/mol. The molecule has 0 spiro atoms. The maximum atomic E-state index is 12.9. The summed E-state index contributed by atoms with van der Waals surface area (Å²) < 4.78 is 5.91. The summed E-state index contributed by atoms with van der Waals surface area (Å²) >= 11 is 0. The number of hydrogen-bond acceptors (Lipinski definition) is 2. The van der Waals surface area contributed by atoms with Crippen LogP contribution in [0.2, 0.25) is 0 Å². The summed E-state index contributed by atoms with van der Waals surface area (Å²) in [5, 5.41) is 0. The number of ether oxygens (including phenoxy) is 1. The van der Waals surface area contributed by atoms with E-state index in [1.165, 1.54) is 11.1 Å². The number of rotatable bonds is 2. The number of allylic oxidation sites excluding steroid dienone is 2. The summed E-state index contributed by atoms with van der Waals surface area (Å²) in [6.07, 6.45) is 5.19. The summed E-state index contributed by atoms with van der Waals surface area (Å²) in [7, 11) is 0. The molecule has 4 rings (SSSR count). The third-order valence-electron chi connectivity index (χ3n) is 5.54. The molecule has 0 aromatic heterocycles. The molecule has 0 radical (unpaired) electrons. The smallest absolute Gasteiger partial charge is 0.317 e. The standard InChI is InChI=1S/C24H24O2/c1-24(2)21(18-12-7-4-8-13-18)20-15-9-14-19(22(20)26-23(24)25)16-17-10-5-3-6-11-17/h3-8,10-13,16,21H,9,14-15H2,1-2H3. The van der Waals surface area contributed by atoms with Gasteiger partial charge < -0.3 is 4.74 Å². The van der Waals surface area contributed by atoms with Crippen LogP contribution < -0.4 is 0 Å². The lowest BCUT2D eigenvalue weighted by molar-refractivity contribution is -0.152. The third-order valence-corrected chi connectivity index (χ3v) is 5.54. The van der Waals surface area contributed by atoms with Crippen molar-refractivity contribution in [3.63, 3.8) is 0 Å². The first-order chi connectivity index (χ1) is 12.6. The predicted octanol–water partition coefficient (Wildman–Crippen LogP) is 5.87. The zero-order valence-electron chi connectivity index (χ0n) is 15.4. The van der Waals surface area contributed by atoms with Crippen LogP contribution in [0.5, 0.6) is 0 Å². The van der Waals surface area contributed by atoms with E-state index in [9.17, 15) is 4.79 Å². The fraction of sp³-hybridized carbons (Fsp3) is 0.292. The summed E-state index contributed by atoms with van der Waals surface area (Å²) in [4.78, 5) is 12.9. The molecule has 1 heterocycles. The van der Waals surface area contributed by atoms with Crippen molar-refractivity contribution in [3.8, 4) is 0 Å². The lowest BCUT2D eigenvalue weighted by atomic mass is 9.66. The van der Waals surface area contributed by atoms with Crippen LogP contribution in [0.1, 0.15) is 50.2 Å². The highest BCUT2D eigenvalue weighted by Crippen LogP contribution is 2.51. The molecule has 0 fully saturated rings. The van der Waals surface area contributed by atoms with Gasteiger partial charge in [0.2, 0.25) is 0 Å². The fourth-order valence-corrected chi connectivity index (χ4v) is 4.24. The van der Waals surface area contributed by atoms with Crippen molar-refractivity contribution in [2.24, 2.45) is 5.41 Å². The second kappa shape index (κ2) is 6.60. The Balaban J connectivity index is 1.85. The van der Waals surface area contributed by atoms with Gasteiger partial charge in [-0.05, 0) is 61.5 Å². The first kappa shape index (κ1) is 16.8. The molecule has 2 aliphatic rings. The molecule has 2 nitrogen and oxygen atoms in total. The fourth-order valence-electron chi connectivity index (χ4n) is 4.24. The van der Waals surface area contributed by atoms with E-state index in [1.807, 2.05) is 38.1 Å². The van der Waals surface area contributed by atoms with Crippen molar-refractivity contribution in [3.05, 3.63) is 88.7 Å². The molecule has 2 aromatic rings. The summed E-state index contributed by atoms with van der Waals surface area (Å²) in [6, 6.07) is 20.6. The van der Waals surface area contributed by atoms with Gasteiger partial charge in [-0.1, -0.05) is 60.7 Å². The normalized spacial score (nSPS) is 23.5. The minimum absolute atomic E-state index is 0.0689. The molecule has 0 N–H and O–H groups in total. The molecule has 1 aliphatic heterocycles. The summed E-state index contributed by atoms with van der Waals surface area (Å²) in [5.74, 6) is 0.753. The topological polar surface area (TPSA) is 26.3 Å². The molecule has 1 atom stereocenters. The molecule has 1 aliphatic carbocycles. The van der Waals surface area contributed by atoms with Crippen molar-refractivity contribution in [2.75, 3.05) is 0 Å². The van der Waals surface area contributed by atoms with Crippen LogP contribution in [0.15, 0.2) is 77.6 Å². The van der Waals surface area contributed by atoms with Crippen molar-refractivity contribution in [1.29, 1.82) is 0 Å². The third kappa shape index (κ3) is 2.90. The molecule has 0 saturated heterocycles. The maximum absolute atomic E-state index is 12.9. The number of carbonyl (C=O) groups excluding carboxylic acids is 1. The molecular weight excluding hydrogens is 320 g/mol. The van der Waals surface area contributed by atoms with Crippen LogP contribution in [0.4, 0.5) is 0 Å². The van der Waals surface area contributed by atoms with Gasteiger partial charge >= 0.3 is 5.97 Å². The van der Waals surface area contributed by atoms with Crippen LogP contribution in [0, 0.1) is 5.41 Å². The quantitative estimate of drug-likeness (QED) is 0.636. The second-order valence-corrected chi connectivity index (χ2v) is 7.74. The van der Waals surface area contributed by atoms with Crippen molar-refractivity contribution in [1.82, 2.24) is 0 Å². The van der Waals surface area contributed by atoms with E-state index in [0.717, 1.165) is 36.2 Å². The highest BCUT2D eigenvalue weighted by Gasteiger charge is 2.47. The van der Waals surface area contributed by atoms with Gasteiger partial charge in [-0.25, -0.2) is 0 Å². The van der Waals surface area contributed by atoms with Crippen molar-refractivity contribution in [2.45, 2.75) is 39.0 Å². The minimum Gasteiger partial charge on any atom is -0.426 e. The van der Waals surface area contributed by atoms with Gasteiger partial charge in [-0.2, -0.15) is 0 Å². The van der Waals surface area contributed by atoms with Gasteiger partial charge in [0.1, 0.15) is 5.76 Å². The lowest BCUT2D eigenvalue weighted by Gasteiger charge is -2.42. The number of benzene rings is 2. The Kier molecular flexibility index (Phi) is 4.28. The van der Waals surface area contributed by atoms with E-state index >= 15 is 0 Å². The Labute approximate surface area is 155 Å². The van der Waals surface area contributed by atoms with Gasteiger partial charge in [0.25, 0.3) is 0 Å². The van der Waals surface area contributed by atoms with Crippen molar-refractivity contribution >= 4 is 12.0 Å². The predicted molar refractivity (Wildman–Crippen MR) is 104 cm³/mol. The number of esters is 1. The zero-order chi connectivity index (χ0) is 18.1. The summed E-state index contributed by atoms with van der Waals surface area (Å²) in [5.41, 5.74) is 4.20. The van der Waals surface area contributed by atoms with Crippen LogP contribution in [-0.2, 0) is 9.53 Å². The maximum Gasteiger partial charge on any atom is 0.317 e. The minimum atomic E-state index is -0.560. The van der Waals surface area contributed by atoms with E-state index in [0.29, 0.717) is 0 Å². The van der Waals surface area contributed by atoms with E-state index in [2.05, 4.69) is 42.5 Å². The highest BCUT2D eigenvalue weighted by molar-refractivity contribution is 5.82. The average Bonchev–Trinajstić information content (AvgIpc) is 2.65. The molecule has 0 bridgehead atoms. The molecule has 1 unspecified atom stereocenters. The SMILES string of the molecule is CC1(C)C(=O)OC2=C(CCCC2=Cc2ccccc2)C1c1ccccc1. The lowest BCUT2D eigenvalue weighted by Crippen LogP contribution is -2.39. The van der Waals surface area contributed by atoms with E-state index in [-0.39, 0.29) is 11.9 Å². The zero-order valence-corrected chi connectivity index (χ0v) is 15.4. The van der Waals surface area contributed by atoms with Crippen LogP contribution in [0.3, 0.4) is 0 Å². The Morgan fingerprint density at radius 3 is 2.31 bits per heavy atom. The molecule has 132 valence electrons. The molecule has 2 aromatic carbocycles. The van der Waals surface area contributed by atoms with Crippen molar-refractivity contribution < 1.29 is 9.53 Å². The van der Waals surface area contributed by atoms with Crippen LogP contribution >= 0.6 is 0 Å². The van der Waals surface area contributed by atoms with Gasteiger partial charge in [0, 0.05) is 5.92 Å². The monoisotopic (exact) mass is 344 g/mol. The Morgan fingerprint density at radius 2 is 1.62 bits per heavy atom. The van der Waals surface area contributed by atoms with Gasteiger partial charge in [0.05, 0.1) is 5.41 Å². The van der Waals surface area contributed by atoms with Gasteiger partial charge in [0.15, 0.2) is 0 Å². The Morgan fingerprint density at radius 1 is 0.962 bits per heavy atom.